The van der Waals surface area contributed by atoms with Gasteiger partial charge in [-0.25, -0.2) is 0 Å². The molecule has 6 nitrogen and oxygen atoms in total. The molecule has 1 aromatic rings. The van der Waals surface area contributed by atoms with E-state index in [2.05, 4.69) is 10.6 Å². The smallest absolute Gasteiger partial charge is 0.255 e. The second kappa shape index (κ2) is 6.97. The molecule has 3 N–H and O–H groups in total. The molecule has 114 valence electrons. The van der Waals surface area contributed by atoms with Crippen LogP contribution in [0.25, 0.3) is 0 Å². The molecule has 0 radical (unpaired) electrons. The molecule has 0 heterocycles. The third kappa shape index (κ3) is 4.37. The van der Waals surface area contributed by atoms with Crippen molar-refractivity contribution < 1.29 is 19.4 Å². The van der Waals surface area contributed by atoms with Crippen LogP contribution in [-0.2, 0) is 4.79 Å². The number of ether oxygens (including phenoxy) is 1. The van der Waals surface area contributed by atoms with E-state index in [1.807, 2.05) is 0 Å². The number of aromatic hydroxyl groups is 1. The fraction of sp³-hybridized carbons (Fsp3) is 0.467. The van der Waals surface area contributed by atoms with Gasteiger partial charge >= 0.3 is 0 Å². The van der Waals surface area contributed by atoms with Gasteiger partial charge in [0, 0.05) is 19.0 Å². The van der Waals surface area contributed by atoms with E-state index in [1.165, 1.54) is 13.2 Å². The van der Waals surface area contributed by atoms with Gasteiger partial charge in [0.1, 0.15) is 0 Å². The van der Waals surface area contributed by atoms with Crippen molar-refractivity contribution in [2.24, 2.45) is 0 Å². The van der Waals surface area contributed by atoms with Crippen molar-refractivity contribution in [3.8, 4) is 11.5 Å². The number of benzene rings is 1. The molecule has 1 aliphatic rings. The summed E-state index contributed by atoms with van der Waals surface area (Å²) in [6.07, 6.45) is 3.09. The predicted molar refractivity (Wildman–Crippen MR) is 77.4 cm³/mol. The van der Waals surface area contributed by atoms with Gasteiger partial charge in [-0.05, 0) is 31.4 Å². The van der Waals surface area contributed by atoms with Gasteiger partial charge in [0.2, 0.25) is 5.91 Å². The lowest BCUT2D eigenvalue weighted by atomic mass is 10.1. The third-order valence-electron chi connectivity index (χ3n) is 3.27. The second-order valence-corrected chi connectivity index (χ2v) is 5.06. The van der Waals surface area contributed by atoms with Crippen molar-refractivity contribution in [2.75, 3.05) is 13.7 Å². The monoisotopic (exact) mass is 292 g/mol. The summed E-state index contributed by atoms with van der Waals surface area (Å²) in [5.74, 6) is -0.277. The molecule has 0 bridgehead atoms. The number of phenolic OH excluding ortho intramolecular Hbond substituents is 1. The van der Waals surface area contributed by atoms with Crippen LogP contribution in [0.4, 0.5) is 0 Å². The molecule has 0 spiro atoms. The van der Waals surface area contributed by atoms with Gasteiger partial charge < -0.3 is 20.5 Å². The molecule has 0 aliphatic heterocycles. The number of nitrogens with one attached hydrogen (secondary N) is 2. The quantitative estimate of drug-likeness (QED) is 0.659. The van der Waals surface area contributed by atoms with Gasteiger partial charge in [0.25, 0.3) is 5.91 Å². The van der Waals surface area contributed by atoms with Crippen LogP contribution in [0.1, 0.15) is 36.0 Å². The lowest BCUT2D eigenvalue weighted by molar-refractivity contribution is -0.121. The van der Waals surface area contributed by atoms with Crippen molar-refractivity contribution >= 4 is 11.8 Å². The highest BCUT2D eigenvalue weighted by Crippen LogP contribution is 2.29. The summed E-state index contributed by atoms with van der Waals surface area (Å²) in [5, 5.41) is 15.4. The molecule has 0 saturated heterocycles. The summed E-state index contributed by atoms with van der Waals surface area (Å²) in [6.45, 7) is 0.383. The second-order valence-electron chi connectivity index (χ2n) is 5.06. The van der Waals surface area contributed by atoms with Crippen LogP contribution in [0.5, 0.6) is 11.5 Å². The van der Waals surface area contributed by atoms with Crippen molar-refractivity contribution in [3.63, 3.8) is 0 Å². The Morgan fingerprint density at radius 2 is 2.14 bits per heavy atom. The average Bonchev–Trinajstić information content (AvgIpc) is 3.27. The van der Waals surface area contributed by atoms with Crippen LogP contribution in [0.3, 0.4) is 0 Å². The minimum atomic E-state index is -0.381. The van der Waals surface area contributed by atoms with E-state index >= 15 is 0 Å². The maximum atomic E-state index is 11.9. The van der Waals surface area contributed by atoms with E-state index in [4.69, 9.17) is 4.74 Å². The van der Waals surface area contributed by atoms with Gasteiger partial charge in [0.15, 0.2) is 11.5 Å². The number of para-hydroxylation sites is 1. The van der Waals surface area contributed by atoms with Crippen LogP contribution in [0.2, 0.25) is 0 Å². The van der Waals surface area contributed by atoms with E-state index in [9.17, 15) is 14.7 Å². The fourth-order valence-corrected chi connectivity index (χ4v) is 1.94. The van der Waals surface area contributed by atoms with Gasteiger partial charge in [-0.3, -0.25) is 9.59 Å². The van der Waals surface area contributed by atoms with E-state index in [1.54, 1.807) is 12.1 Å². The normalized spacial score (nSPS) is 13.6. The Balaban J connectivity index is 1.75. The third-order valence-corrected chi connectivity index (χ3v) is 3.27. The predicted octanol–water partition coefficient (Wildman–Crippen LogP) is 1.19. The number of carbonyl (C=O) groups is 2. The molecule has 1 aliphatic carbocycles. The Morgan fingerprint density at radius 3 is 2.81 bits per heavy atom. The Kier molecular flexibility index (Phi) is 5.03. The molecule has 0 aromatic heterocycles. The Morgan fingerprint density at radius 1 is 1.38 bits per heavy atom. The largest absolute Gasteiger partial charge is 0.504 e. The number of hydrogen-bond acceptors (Lipinski definition) is 4. The van der Waals surface area contributed by atoms with Crippen LogP contribution < -0.4 is 15.4 Å². The molecule has 1 saturated carbocycles. The zero-order valence-electron chi connectivity index (χ0n) is 12.0. The highest BCUT2D eigenvalue weighted by atomic mass is 16.5. The summed E-state index contributed by atoms with van der Waals surface area (Å²) < 4.78 is 4.95. The summed E-state index contributed by atoms with van der Waals surface area (Å²) in [4.78, 5) is 23.4. The van der Waals surface area contributed by atoms with Gasteiger partial charge in [0.05, 0.1) is 12.7 Å². The minimum absolute atomic E-state index is 0.0241. The van der Waals surface area contributed by atoms with Gasteiger partial charge in [-0.2, -0.15) is 0 Å². The molecule has 1 fully saturated rings. The maximum absolute atomic E-state index is 11.9. The highest BCUT2D eigenvalue weighted by molar-refractivity contribution is 5.97. The molecular formula is C15H20N2O4. The average molecular weight is 292 g/mol. The summed E-state index contributed by atoms with van der Waals surface area (Å²) in [5.41, 5.74) is 0.164. The van der Waals surface area contributed by atoms with E-state index in [0.29, 0.717) is 25.4 Å². The number of hydrogen-bond donors (Lipinski definition) is 3. The SMILES string of the molecule is COc1cccc(C(=O)NCCCC(=O)NC2CC2)c1O. The Bertz CT molecular complexity index is 526. The molecule has 2 amide bonds. The molecular weight excluding hydrogens is 272 g/mol. The molecule has 2 rings (SSSR count). The number of amides is 2. The first-order chi connectivity index (χ1) is 10.1. The topological polar surface area (TPSA) is 87.7 Å². The molecule has 0 atom stereocenters. The Hall–Kier alpha value is -2.24. The Labute approximate surface area is 123 Å². The summed E-state index contributed by atoms with van der Waals surface area (Å²) in [7, 11) is 1.43. The van der Waals surface area contributed by atoms with Crippen LogP contribution in [0, 0.1) is 0 Å². The molecule has 1 aromatic carbocycles. The van der Waals surface area contributed by atoms with Gasteiger partial charge in [-0.15, -0.1) is 0 Å². The first kappa shape index (κ1) is 15.2. The van der Waals surface area contributed by atoms with E-state index in [-0.39, 0.29) is 28.9 Å². The van der Waals surface area contributed by atoms with Crippen molar-refractivity contribution in [2.45, 2.75) is 31.7 Å². The zero-order chi connectivity index (χ0) is 15.2. The lowest BCUT2D eigenvalue weighted by Gasteiger charge is -2.09. The zero-order valence-corrected chi connectivity index (χ0v) is 12.0. The first-order valence-electron chi connectivity index (χ1n) is 7.05. The van der Waals surface area contributed by atoms with Crippen molar-refractivity contribution in [3.05, 3.63) is 23.8 Å². The lowest BCUT2D eigenvalue weighted by Crippen LogP contribution is -2.28. The standard InChI is InChI=1S/C15H20N2O4/c1-21-12-5-2-4-11(14(12)19)15(20)16-9-3-6-13(18)17-10-7-8-10/h2,4-5,10,19H,3,6-9H2,1H3,(H,16,20)(H,17,18). The van der Waals surface area contributed by atoms with Crippen LogP contribution >= 0.6 is 0 Å². The summed E-state index contributed by atoms with van der Waals surface area (Å²) in [6, 6.07) is 5.10. The van der Waals surface area contributed by atoms with Crippen molar-refractivity contribution in [1.82, 2.24) is 10.6 Å². The minimum Gasteiger partial charge on any atom is -0.504 e. The molecule has 21 heavy (non-hydrogen) atoms. The summed E-state index contributed by atoms with van der Waals surface area (Å²) >= 11 is 0. The fourth-order valence-electron chi connectivity index (χ4n) is 1.94. The first-order valence-corrected chi connectivity index (χ1v) is 7.05. The highest BCUT2D eigenvalue weighted by Gasteiger charge is 2.22. The van der Waals surface area contributed by atoms with Crippen molar-refractivity contribution in [1.29, 1.82) is 0 Å². The number of methoxy groups -OCH3 is 1. The molecule has 6 heteroatoms. The number of phenols is 1. The van der Waals surface area contributed by atoms with E-state index < -0.39 is 0 Å². The number of carbonyl (C=O) groups excluding carboxylic acids is 2. The van der Waals surface area contributed by atoms with Crippen LogP contribution in [-0.4, -0.2) is 36.6 Å². The molecule has 0 unspecified atom stereocenters. The van der Waals surface area contributed by atoms with E-state index in [0.717, 1.165) is 12.8 Å². The van der Waals surface area contributed by atoms with Gasteiger partial charge in [-0.1, -0.05) is 6.07 Å². The van der Waals surface area contributed by atoms with Crippen LogP contribution in [0.15, 0.2) is 18.2 Å². The maximum Gasteiger partial charge on any atom is 0.255 e. The number of rotatable bonds is 7.